The Hall–Kier alpha value is -3.72. The van der Waals surface area contributed by atoms with Crippen molar-refractivity contribution in [2.45, 2.75) is 26.8 Å². The van der Waals surface area contributed by atoms with Crippen molar-refractivity contribution < 1.29 is 9.59 Å². The highest BCUT2D eigenvalue weighted by Gasteiger charge is 2.27. The van der Waals surface area contributed by atoms with Gasteiger partial charge in [-0.1, -0.05) is 18.2 Å². The first kappa shape index (κ1) is 23.0. The number of rotatable bonds is 4. The normalized spacial score (nSPS) is 14.1. The van der Waals surface area contributed by atoms with E-state index in [2.05, 4.69) is 24.3 Å². The summed E-state index contributed by atoms with van der Waals surface area (Å²) in [5, 5.41) is 10.2. The van der Waals surface area contributed by atoms with E-state index in [0.29, 0.717) is 37.4 Å². The maximum Gasteiger partial charge on any atom is 0.321 e. The van der Waals surface area contributed by atoms with Crippen molar-refractivity contribution in [2.75, 3.05) is 31.5 Å². The van der Waals surface area contributed by atoms with Gasteiger partial charge in [0.15, 0.2) is 5.65 Å². The predicted octanol–water partition coefficient (Wildman–Crippen LogP) is 5.04. The van der Waals surface area contributed by atoms with Gasteiger partial charge < -0.3 is 15.1 Å². The van der Waals surface area contributed by atoms with E-state index in [4.69, 9.17) is 4.98 Å². The molecule has 5 rings (SSSR count). The zero-order valence-corrected chi connectivity index (χ0v) is 20.9. The second-order valence-electron chi connectivity index (χ2n) is 9.03. The van der Waals surface area contributed by atoms with Gasteiger partial charge in [0.05, 0.1) is 27.7 Å². The third-order valence-electron chi connectivity index (χ3n) is 6.18. The minimum Gasteiger partial charge on any atom is -0.335 e. The first-order valence-electron chi connectivity index (χ1n) is 11.7. The van der Waals surface area contributed by atoms with Crippen LogP contribution in [-0.4, -0.2) is 62.7 Å². The van der Waals surface area contributed by atoms with Gasteiger partial charge in [0.2, 0.25) is 0 Å². The van der Waals surface area contributed by atoms with Gasteiger partial charge in [-0.3, -0.25) is 4.79 Å². The van der Waals surface area contributed by atoms with Gasteiger partial charge in [0, 0.05) is 37.9 Å². The van der Waals surface area contributed by atoms with Gasteiger partial charge in [-0.05, 0) is 56.0 Å². The molecule has 1 aliphatic heterocycles. The van der Waals surface area contributed by atoms with Crippen LogP contribution >= 0.6 is 11.3 Å². The molecular formula is C26H28N6O2S. The molecule has 0 bridgehead atoms. The molecule has 9 heteroatoms. The Labute approximate surface area is 208 Å². The maximum atomic E-state index is 13.7. The zero-order valence-electron chi connectivity index (χ0n) is 20.1. The number of aryl methyl sites for hydroxylation is 1. The fourth-order valence-electron chi connectivity index (χ4n) is 4.33. The molecular weight excluding hydrogens is 460 g/mol. The van der Waals surface area contributed by atoms with Crippen LogP contribution in [0.25, 0.3) is 21.6 Å². The van der Waals surface area contributed by atoms with E-state index in [0.717, 1.165) is 27.2 Å². The van der Waals surface area contributed by atoms with Crippen molar-refractivity contribution in [3.8, 4) is 10.6 Å². The molecule has 1 aliphatic rings. The number of anilines is 1. The molecule has 0 atom stereocenters. The van der Waals surface area contributed by atoms with Crippen LogP contribution in [0.3, 0.4) is 0 Å². The van der Waals surface area contributed by atoms with Gasteiger partial charge in [-0.2, -0.15) is 5.10 Å². The summed E-state index contributed by atoms with van der Waals surface area (Å²) < 4.78 is 1.86. The number of hydrogen-bond acceptors (Lipinski definition) is 5. The SMILES string of the molecule is Cc1cccc(NC(=O)N2CCN(C(=O)c3cc(-c4cccs4)nc4c3cnn4C(C)C)CC2)c1. The summed E-state index contributed by atoms with van der Waals surface area (Å²) in [4.78, 5) is 35.8. The van der Waals surface area contributed by atoms with Gasteiger partial charge in [0.25, 0.3) is 5.91 Å². The van der Waals surface area contributed by atoms with Crippen LogP contribution in [0.1, 0.15) is 35.8 Å². The Morgan fingerprint density at radius 2 is 1.80 bits per heavy atom. The first-order chi connectivity index (χ1) is 16.9. The van der Waals surface area contributed by atoms with Crippen LogP contribution in [0.2, 0.25) is 0 Å². The molecule has 1 aromatic carbocycles. The summed E-state index contributed by atoms with van der Waals surface area (Å²) in [5.41, 5.74) is 3.95. The summed E-state index contributed by atoms with van der Waals surface area (Å²) in [5.74, 6) is -0.0581. The Balaban J connectivity index is 1.36. The lowest BCUT2D eigenvalue weighted by Gasteiger charge is -2.35. The van der Waals surface area contributed by atoms with E-state index in [-0.39, 0.29) is 18.0 Å². The topological polar surface area (TPSA) is 83.4 Å². The monoisotopic (exact) mass is 488 g/mol. The summed E-state index contributed by atoms with van der Waals surface area (Å²) in [6, 6.07) is 13.6. The quantitative estimate of drug-likeness (QED) is 0.436. The number of fused-ring (bicyclic) bond motifs is 1. The number of urea groups is 1. The van der Waals surface area contributed by atoms with Crippen molar-refractivity contribution in [1.82, 2.24) is 24.6 Å². The second kappa shape index (κ2) is 9.50. The van der Waals surface area contributed by atoms with E-state index in [1.807, 2.05) is 64.4 Å². The third-order valence-corrected chi connectivity index (χ3v) is 7.08. The molecule has 180 valence electrons. The van der Waals surface area contributed by atoms with Crippen LogP contribution < -0.4 is 5.32 Å². The molecule has 0 radical (unpaired) electrons. The van der Waals surface area contributed by atoms with Crippen molar-refractivity contribution in [2.24, 2.45) is 0 Å². The number of carbonyl (C=O) groups is 2. The molecule has 1 N–H and O–H groups in total. The highest BCUT2D eigenvalue weighted by molar-refractivity contribution is 7.13. The number of piperazine rings is 1. The van der Waals surface area contributed by atoms with Gasteiger partial charge in [-0.25, -0.2) is 14.5 Å². The lowest BCUT2D eigenvalue weighted by atomic mass is 10.1. The zero-order chi connectivity index (χ0) is 24.5. The fraction of sp³-hybridized carbons (Fsp3) is 0.308. The number of nitrogens with one attached hydrogen (secondary N) is 1. The number of nitrogens with zero attached hydrogens (tertiary/aromatic N) is 5. The third kappa shape index (κ3) is 4.64. The number of hydrogen-bond donors (Lipinski definition) is 1. The van der Waals surface area contributed by atoms with Crippen LogP contribution in [0.5, 0.6) is 0 Å². The molecule has 3 amide bonds. The number of benzene rings is 1. The Bertz CT molecular complexity index is 1370. The van der Waals surface area contributed by atoms with E-state index < -0.39 is 0 Å². The number of pyridine rings is 1. The predicted molar refractivity (Wildman–Crippen MR) is 139 cm³/mol. The molecule has 0 saturated carbocycles. The van der Waals surface area contributed by atoms with Gasteiger partial charge in [0.1, 0.15) is 0 Å². The van der Waals surface area contributed by atoms with Crippen LogP contribution in [0.4, 0.5) is 10.5 Å². The van der Waals surface area contributed by atoms with E-state index in [9.17, 15) is 9.59 Å². The second-order valence-corrected chi connectivity index (χ2v) is 9.98. The molecule has 8 nitrogen and oxygen atoms in total. The van der Waals surface area contributed by atoms with Crippen molar-refractivity contribution in [3.63, 3.8) is 0 Å². The molecule has 4 heterocycles. The number of amides is 3. The van der Waals surface area contributed by atoms with Crippen LogP contribution in [-0.2, 0) is 0 Å². The molecule has 35 heavy (non-hydrogen) atoms. The van der Waals surface area contributed by atoms with Gasteiger partial charge >= 0.3 is 6.03 Å². The van der Waals surface area contributed by atoms with E-state index >= 15 is 0 Å². The Morgan fingerprint density at radius 3 is 2.49 bits per heavy atom. The smallest absolute Gasteiger partial charge is 0.321 e. The van der Waals surface area contributed by atoms with Gasteiger partial charge in [-0.15, -0.1) is 11.3 Å². The highest BCUT2D eigenvalue weighted by atomic mass is 32.1. The average molecular weight is 489 g/mol. The number of thiophene rings is 1. The molecule has 0 aliphatic carbocycles. The standard InChI is InChI=1S/C26H28N6O2S/c1-17(2)32-24-21(16-27-32)20(15-22(29-24)23-8-5-13-35-23)25(33)30-9-11-31(12-10-30)26(34)28-19-7-4-6-18(3)14-19/h4-8,13-17H,9-12H2,1-3H3,(H,28,34). The minimum absolute atomic E-state index is 0.0581. The molecule has 1 fully saturated rings. The summed E-state index contributed by atoms with van der Waals surface area (Å²) >= 11 is 1.59. The molecule has 4 aromatic rings. The average Bonchev–Trinajstić information content (AvgIpc) is 3.53. The summed E-state index contributed by atoms with van der Waals surface area (Å²) in [6.07, 6.45) is 1.74. The van der Waals surface area contributed by atoms with Crippen molar-refractivity contribution in [1.29, 1.82) is 0 Å². The first-order valence-corrected chi connectivity index (χ1v) is 12.6. The van der Waals surface area contributed by atoms with E-state index in [1.54, 1.807) is 22.4 Å². The molecule has 0 unspecified atom stereocenters. The van der Waals surface area contributed by atoms with Crippen LogP contribution in [0.15, 0.2) is 54.0 Å². The Kier molecular flexibility index (Phi) is 6.25. The molecule has 0 spiro atoms. The number of carbonyl (C=O) groups excluding carboxylic acids is 2. The lowest BCUT2D eigenvalue weighted by molar-refractivity contribution is 0.0673. The largest absolute Gasteiger partial charge is 0.335 e. The van der Waals surface area contributed by atoms with E-state index in [1.165, 1.54) is 0 Å². The summed E-state index contributed by atoms with van der Waals surface area (Å²) in [6.45, 7) is 7.97. The van der Waals surface area contributed by atoms with Crippen molar-refractivity contribution >= 4 is 40.0 Å². The fourth-order valence-corrected chi connectivity index (χ4v) is 5.02. The highest BCUT2D eigenvalue weighted by Crippen LogP contribution is 2.29. The Morgan fingerprint density at radius 1 is 1.03 bits per heavy atom. The maximum absolute atomic E-state index is 13.7. The lowest BCUT2D eigenvalue weighted by Crippen LogP contribution is -2.51. The molecule has 1 saturated heterocycles. The van der Waals surface area contributed by atoms with Crippen LogP contribution in [0, 0.1) is 6.92 Å². The van der Waals surface area contributed by atoms with Crippen molar-refractivity contribution in [3.05, 3.63) is 65.2 Å². The number of aromatic nitrogens is 3. The molecule has 3 aromatic heterocycles. The summed E-state index contributed by atoms with van der Waals surface area (Å²) in [7, 11) is 0. The minimum atomic E-state index is -0.146.